The van der Waals surface area contributed by atoms with Gasteiger partial charge in [-0.25, -0.2) is 14.2 Å². The van der Waals surface area contributed by atoms with E-state index in [1.807, 2.05) is 0 Å². The summed E-state index contributed by atoms with van der Waals surface area (Å²) < 4.78 is 19.4. The summed E-state index contributed by atoms with van der Waals surface area (Å²) in [7, 11) is 1.29. The summed E-state index contributed by atoms with van der Waals surface area (Å²) in [5, 5.41) is 16.3. The number of halogens is 2. The Balaban J connectivity index is 1.83. The van der Waals surface area contributed by atoms with Crippen molar-refractivity contribution in [3.8, 4) is 5.75 Å². The first-order valence-corrected chi connectivity index (χ1v) is 9.19. The number of esters is 1. The average molecular weight is 436 g/mol. The van der Waals surface area contributed by atoms with Gasteiger partial charge in [0.1, 0.15) is 11.6 Å². The largest absolute Gasteiger partial charge is 0.506 e. The fraction of sp³-hybridized carbons (Fsp3) is 0.263. The van der Waals surface area contributed by atoms with Gasteiger partial charge >= 0.3 is 5.97 Å². The van der Waals surface area contributed by atoms with Crippen LogP contribution in [0.4, 0.5) is 10.1 Å². The highest BCUT2D eigenvalue weighted by atomic mass is 79.9. The predicted molar refractivity (Wildman–Crippen MR) is 104 cm³/mol. The van der Waals surface area contributed by atoms with Crippen LogP contribution in [0.15, 0.2) is 45.9 Å². The number of benzene rings is 2. The van der Waals surface area contributed by atoms with Crippen LogP contribution >= 0.6 is 15.9 Å². The molecule has 0 saturated heterocycles. The minimum Gasteiger partial charge on any atom is -0.506 e. The molecule has 0 bridgehead atoms. The second-order valence-corrected chi connectivity index (χ2v) is 7.08. The van der Waals surface area contributed by atoms with Gasteiger partial charge in [0.25, 0.3) is 0 Å². The van der Waals surface area contributed by atoms with E-state index in [9.17, 15) is 14.3 Å². The van der Waals surface area contributed by atoms with Crippen LogP contribution in [-0.4, -0.2) is 30.2 Å². The number of hydrogen-bond donors (Lipinski definition) is 3. The molecule has 2 aromatic rings. The minimum absolute atomic E-state index is 0.0402. The normalized spacial score (nSPS) is 14.0. The molecule has 2 aromatic carbocycles. The highest BCUT2D eigenvalue weighted by molar-refractivity contribution is 9.10. The zero-order chi connectivity index (χ0) is 19.4. The lowest BCUT2D eigenvalue weighted by atomic mass is 10.2. The number of methoxy groups -OCH3 is 1. The van der Waals surface area contributed by atoms with Crippen LogP contribution < -0.4 is 10.6 Å². The molecule has 6 nitrogen and oxygen atoms in total. The lowest BCUT2D eigenvalue weighted by Gasteiger charge is -2.14. The van der Waals surface area contributed by atoms with Crippen molar-refractivity contribution < 1.29 is 19.0 Å². The van der Waals surface area contributed by atoms with E-state index in [2.05, 4.69) is 31.6 Å². The van der Waals surface area contributed by atoms with E-state index in [0.29, 0.717) is 22.8 Å². The summed E-state index contributed by atoms with van der Waals surface area (Å²) in [6.07, 6.45) is 2.03. The highest BCUT2D eigenvalue weighted by Crippen LogP contribution is 2.26. The second kappa shape index (κ2) is 8.39. The Labute approximate surface area is 164 Å². The fourth-order valence-corrected chi connectivity index (χ4v) is 2.79. The Bertz CT molecular complexity index is 884. The minimum atomic E-state index is -0.511. The molecular formula is C19H19BrFN3O3. The molecule has 0 aliphatic heterocycles. The van der Waals surface area contributed by atoms with Crippen molar-refractivity contribution in [2.24, 2.45) is 4.99 Å². The van der Waals surface area contributed by atoms with Crippen LogP contribution in [-0.2, 0) is 11.3 Å². The lowest BCUT2D eigenvalue weighted by molar-refractivity contribution is 0.0601. The van der Waals surface area contributed by atoms with E-state index >= 15 is 0 Å². The van der Waals surface area contributed by atoms with E-state index in [-0.39, 0.29) is 24.2 Å². The Kier molecular flexibility index (Phi) is 5.95. The smallest absolute Gasteiger partial charge is 0.337 e. The summed E-state index contributed by atoms with van der Waals surface area (Å²) in [4.78, 5) is 16.1. The molecule has 0 aromatic heterocycles. The van der Waals surface area contributed by atoms with Gasteiger partial charge in [0.2, 0.25) is 0 Å². The molecule has 0 heterocycles. The first-order valence-electron chi connectivity index (χ1n) is 8.39. The summed E-state index contributed by atoms with van der Waals surface area (Å²) in [5.74, 6) is -0.498. The number of hydrogen-bond acceptors (Lipinski definition) is 4. The van der Waals surface area contributed by atoms with E-state index in [1.54, 1.807) is 12.1 Å². The number of aliphatic imine (C=N–C) groups is 1. The number of phenolic OH excluding ortho intramolecular Hbond substituents is 1. The third-order valence-electron chi connectivity index (χ3n) is 4.00. The quantitative estimate of drug-likeness (QED) is 0.288. The summed E-state index contributed by atoms with van der Waals surface area (Å²) >= 11 is 3.32. The molecule has 0 atom stereocenters. The number of carbonyl (C=O) groups excluding carboxylic acids is 1. The van der Waals surface area contributed by atoms with Crippen LogP contribution in [0.1, 0.15) is 28.8 Å². The monoisotopic (exact) mass is 435 g/mol. The molecule has 0 amide bonds. The first kappa shape index (κ1) is 19.2. The van der Waals surface area contributed by atoms with E-state index in [4.69, 9.17) is 4.74 Å². The van der Waals surface area contributed by atoms with Crippen molar-refractivity contribution in [1.29, 1.82) is 0 Å². The Morgan fingerprint density at radius 3 is 2.81 bits per heavy atom. The molecule has 3 rings (SSSR count). The first-order chi connectivity index (χ1) is 13.0. The molecule has 0 radical (unpaired) electrons. The van der Waals surface area contributed by atoms with E-state index in [1.165, 1.54) is 31.4 Å². The van der Waals surface area contributed by atoms with Crippen LogP contribution in [0.5, 0.6) is 5.75 Å². The molecule has 0 unspecified atom stereocenters. The number of nitrogens with zero attached hydrogens (tertiary/aromatic N) is 1. The Hall–Kier alpha value is -2.61. The van der Waals surface area contributed by atoms with Gasteiger partial charge in [0, 0.05) is 16.1 Å². The van der Waals surface area contributed by atoms with Gasteiger partial charge in [-0.05, 0) is 49.2 Å². The number of ether oxygens (including phenoxy) is 1. The number of phenols is 1. The molecule has 1 fully saturated rings. The number of carbonyl (C=O) groups is 1. The zero-order valence-corrected chi connectivity index (χ0v) is 16.2. The lowest BCUT2D eigenvalue weighted by Crippen LogP contribution is -2.32. The van der Waals surface area contributed by atoms with Gasteiger partial charge < -0.3 is 20.5 Å². The third-order valence-corrected chi connectivity index (χ3v) is 4.50. The van der Waals surface area contributed by atoms with Gasteiger partial charge in [-0.1, -0.05) is 15.9 Å². The second-order valence-electron chi connectivity index (χ2n) is 6.17. The number of guanidine groups is 1. The number of nitrogens with one attached hydrogen (secondary N) is 2. The van der Waals surface area contributed by atoms with Crippen LogP contribution in [0.25, 0.3) is 0 Å². The summed E-state index contributed by atoms with van der Waals surface area (Å²) in [6.45, 7) is 0.116. The van der Waals surface area contributed by atoms with Crippen molar-refractivity contribution >= 4 is 33.5 Å². The molecule has 8 heteroatoms. The fourth-order valence-electron chi connectivity index (χ4n) is 2.38. The Morgan fingerprint density at radius 1 is 1.33 bits per heavy atom. The van der Waals surface area contributed by atoms with E-state index < -0.39 is 5.97 Å². The van der Waals surface area contributed by atoms with Gasteiger partial charge in [0.15, 0.2) is 5.96 Å². The standard InChI is InChI=1S/C19H19BrFN3O3/c1-27-18(26)11-2-7-17(25)16(9-11)24-19(23-14-4-5-14)22-10-12-8-13(20)3-6-15(12)21/h2-3,6-9,14,25H,4-5,10H2,1H3,(H2,22,23,24). The molecular weight excluding hydrogens is 417 g/mol. The topological polar surface area (TPSA) is 83.0 Å². The summed E-state index contributed by atoms with van der Waals surface area (Å²) in [6, 6.07) is 9.30. The molecule has 3 N–H and O–H groups in total. The third kappa shape index (κ3) is 5.19. The number of aromatic hydroxyl groups is 1. The molecule has 0 spiro atoms. The maximum atomic E-state index is 13.9. The van der Waals surface area contributed by atoms with Gasteiger partial charge in [0.05, 0.1) is 24.9 Å². The van der Waals surface area contributed by atoms with Gasteiger partial charge in [-0.2, -0.15) is 0 Å². The molecule has 1 saturated carbocycles. The van der Waals surface area contributed by atoms with E-state index in [0.717, 1.165) is 17.3 Å². The maximum Gasteiger partial charge on any atom is 0.337 e. The average Bonchev–Trinajstić information content (AvgIpc) is 3.47. The number of anilines is 1. The van der Waals surface area contributed by atoms with Crippen molar-refractivity contribution in [3.05, 3.63) is 57.8 Å². The van der Waals surface area contributed by atoms with Crippen molar-refractivity contribution in [2.45, 2.75) is 25.4 Å². The van der Waals surface area contributed by atoms with Crippen molar-refractivity contribution in [1.82, 2.24) is 5.32 Å². The zero-order valence-electron chi connectivity index (χ0n) is 14.6. The predicted octanol–water partition coefficient (Wildman–Crippen LogP) is 3.80. The molecule has 142 valence electrons. The van der Waals surface area contributed by atoms with Gasteiger partial charge in [-0.3, -0.25) is 0 Å². The molecule has 1 aliphatic rings. The van der Waals surface area contributed by atoms with Crippen molar-refractivity contribution in [2.75, 3.05) is 12.4 Å². The number of rotatable bonds is 5. The summed E-state index contributed by atoms with van der Waals surface area (Å²) in [5.41, 5.74) is 1.04. The maximum absolute atomic E-state index is 13.9. The van der Waals surface area contributed by atoms with Crippen molar-refractivity contribution in [3.63, 3.8) is 0 Å². The highest BCUT2D eigenvalue weighted by Gasteiger charge is 2.23. The molecule has 1 aliphatic carbocycles. The van der Waals surface area contributed by atoms with Crippen LogP contribution in [0.3, 0.4) is 0 Å². The molecule has 27 heavy (non-hydrogen) atoms. The SMILES string of the molecule is COC(=O)c1ccc(O)c(NC(=NCc2cc(Br)ccc2F)NC2CC2)c1. The van der Waals surface area contributed by atoms with Crippen LogP contribution in [0, 0.1) is 5.82 Å². The van der Waals surface area contributed by atoms with Crippen LogP contribution in [0.2, 0.25) is 0 Å². The van der Waals surface area contributed by atoms with Gasteiger partial charge in [-0.15, -0.1) is 0 Å². The Morgan fingerprint density at radius 2 is 2.11 bits per heavy atom.